The SMILES string of the molecule is COc1ccc(Oc2cccc(N(C[C@@H]3NC(=O)NC3=O)S(=O)[O-])c2)cc1. The summed E-state index contributed by atoms with van der Waals surface area (Å²) in [5, 5.41) is 4.43. The van der Waals surface area contributed by atoms with Crippen molar-refractivity contribution in [3.05, 3.63) is 48.5 Å². The Hall–Kier alpha value is -3.11. The lowest BCUT2D eigenvalue weighted by Gasteiger charge is -2.28. The fraction of sp³-hybridized carbons (Fsp3) is 0.176. The summed E-state index contributed by atoms with van der Waals surface area (Å²) in [5.74, 6) is 1.06. The smallest absolute Gasteiger partial charge is 0.322 e. The van der Waals surface area contributed by atoms with E-state index in [1.165, 1.54) is 6.07 Å². The molecule has 1 unspecified atom stereocenters. The van der Waals surface area contributed by atoms with Gasteiger partial charge in [0.2, 0.25) is 0 Å². The lowest BCUT2D eigenvalue weighted by Crippen LogP contribution is -2.42. The van der Waals surface area contributed by atoms with Gasteiger partial charge in [0, 0.05) is 17.3 Å². The number of nitrogens with zero attached hydrogens (tertiary/aromatic N) is 1. The number of anilines is 1. The predicted molar refractivity (Wildman–Crippen MR) is 96.2 cm³/mol. The van der Waals surface area contributed by atoms with Crippen LogP contribution in [0.1, 0.15) is 0 Å². The summed E-state index contributed by atoms with van der Waals surface area (Å²) < 4.78 is 35.1. The highest BCUT2D eigenvalue weighted by Crippen LogP contribution is 2.28. The second-order valence-corrected chi connectivity index (χ2v) is 6.44. The molecule has 2 N–H and O–H groups in total. The van der Waals surface area contributed by atoms with Gasteiger partial charge in [-0.3, -0.25) is 18.6 Å². The summed E-state index contributed by atoms with van der Waals surface area (Å²) in [6, 6.07) is 11.7. The summed E-state index contributed by atoms with van der Waals surface area (Å²) in [6.07, 6.45) is 0. The van der Waals surface area contributed by atoms with Crippen molar-refractivity contribution >= 4 is 28.9 Å². The lowest BCUT2D eigenvalue weighted by molar-refractivity contribution is -0.119. The minimum atomic E-state index is -2.66. The largest absolute Gasteiger partial charge is 0.755 e. The Bertz CT molecular complexity index is 873. The molecule has 10 heteroatoms. The zero-order valence-corrected chi connectivity index (χ0v) is 15.0. The molecule has 0 aromatic heterocycles. The van der Waals surface area contributed by atoms with Crippen molar-refractivity contribution in [1.29, 1.82) is 0 Å². The molecule has 0 aliphatic carbocycles. The monoisotopic (exact) mass is 390 g/mol. The lowest BCUT2D eigenvalue weighted by atomic mass is 10.2. The number of nitrogens with one attached hydrogen (secondary N) is 2. The molecule has 3 rings (SSSR count). The van der Waals surface area contributed by atoms with Crippen LogP contribution in [-0.4, -0.2) is 40.4 Å². The molecule has 1 aliphatic rings. The maximum Gasteiger partial charge on any atom is 0.322 e. The van der Waals surface area contributed by atoms with Crippen LogP contribution >= 0.6 is 0 Å². The van der Waals surface area contributed by atoms with Gasteiger partial charge in [-0.15, -0.1) is 0 Å². The summed E-state index contributed by atoms with van der Waals surface area (Å²) >= 11 is -2.66. The van der Waals surface area contributed by atoms with E-state index >= 15 is 0 Å². The quantitative estimate of drug-likeness (QED) is 0.543. The number of imide groups is 1. The molecule has 0 spiro atoms. The molecular weight excluding hydrogens is 374 g/mol. The van der Waals surface area contributed by atoms with Gasteiger partial charge >= 0.3 is 6.03 Å². The number of amides is 3. The molecule has 2 aromatic carbocycles. The van der Waals surface area contributed by atoms with Crippen LogP contribution in [0.5, 0.6) is 17.2 Å². The summed E-state index contributed by atoms with van der Waals surface area (Å²) in [5.41, 5.74) is 0.295. The van der Waals surface area contributed by atoms with Crippen molar-refractivity contribution < 1.29 is 27.8 Å². The first-order chi connectivity index (χ1) is 13.0. The van der Waals surface area contributed by atoms with Crippen LogP contribution in [0.4, 0.5) is 10.5 Å². The molecule has 1 fully saturated rings. The van der Waals surface area contributed by atoms with Crippen LogP contribution in [0.3, 0.4) is 0 Å². The van der Waals surface area contributed by atoms with Gasteiger partial charge in [-0.1, -0.05) is 6.07 Å². The van der Waals surface area contributed by atoms with Gasteiger partial charge in [-0.25, -0.2) is 4.79 Å². The number of ether oxygens (including phenoxy) is 2. The predicted octanol–water partition coefficient (Wildman–Crippen LogP) is 1.30. The van der Waals surface area contributed by atoms with Crippen LogP contribution in [0.2, 0.25) is 0 Å². The Balaban J connectivity index is 1.77. The molecule has 0 saturated carbocycles. The van der Waals surface area contributed by atoms with Crippen LogP contribution < -0.4 is 24.4 Å². The number of hydrogen-bond donors (Lipinski definition) is 2. The number of carbonyl (C=O) groups excluding carboxylic acids is 2. The van der Waals surface area contributed by atoms with Gasteiger partial charge in [-0.2, -0.15) is 0 Å². The van der Waals surface area contributed by atoms with Crippen LogP contribution in [0, 0.1) is 0 Å². The van der Waals surface area contributed by atoms with E-state index in [4.69, 9.17) is 9.47 Å². The van der Waals surface area contributed by atoms with Gasteiger partial charge < -0.3 is 19.3 Å². The third-order valence-electron chi connectivity index (χ3n) is 3.79. The Morgan fingerprint density at radius 3 is 2.41 bits per heavy atom. The fourth-order valence-corrected chi connectivity index (χ4v) is 3.04. The Morgan fingerprint density at radius 2 is 1.81 bits per heavy atom. The molecule has 9 nitrogen and oxygen atoms in total. The molecule has 0 radical (unpaired) electrons. The Morgan fingerprint density at radius 1 is 1.11 bits per heavy atom. The zero-order chi connectivity index (χ0) is 19.4. The fourth-order valence-electron chi connectivity index (χ4n) is 2.49. The maximum absolute atomic E-state index is 11.7. The number of methoxy groups -OCH3 is 1. The third-order valence-corrected chi connectivity index (χ3v) is 4.51. The van der Waals surface area contributed by atoms with E-state index in [1.807, 2.05) is 0 Å². The van der Waals surface area contributed by atoms with E-state index in [0.717, 1.165) is 4.31 Å². The van der Waals surface area contributed by atoms with Crippen molar-refractivity contribution in [2.45, 2.75) is 6.04 Å². The summed E-state index contributed by atoms with van der Waals surface area (Å²) in [7, 11) is 1.56. The minimum Gasteiger partial charge on any atom is -0.755 e. The summed E-state index contributed by atoms with van der Waals surface area (Å²) in [6.45, 7) is -0.236. The van der Waals surface area contributed by atoms with E-state index in [9.17, 15) is 18.4 Å². The molecule has 142 valence electrons. The summed E-state index contributed by atoms with van der Waals surface area (Å²) in [4.78, 5) is 22.9. The minimum absolute atomic E-state index is 0.236. The highest BCUT2D eigenvalue weighted by Gasteiger charge is 2.31. The highest BCUT2D eigenvalue weighted by molar-refractivity contribution is 7.80. The molecule has 1 aliphatic heterocycles. The normalized spacial score (nSPS) is 17.0. The van der Waals surface area contributed by atoms with Gasteiger partial charge in [-0.05, 0) is 36.4 Å². The average molecular weight is 390 g/mol. The second kappa shape index (κ2) is 8.06. The molecule has 2 atom stereocenters. The van der Waals surface area contributed by atoms with Gasteiger partial charge in [0.25, 0.3) is 5.91 Å². The Kier molecular flexibility index (Phi) is 5.57. The highest BCUT2D eigenvalue weighted by atomic mass is 32.2. The van der Waals surface area contributed by atoms with E-state index in [-0.39, 0.29) is 6.54 Å². The topological polar surface area (TPSA) is 120 Å². The zero-order valence-electron chi connectivity index (χ0n) is 14.2. The number of hydrogen-bond acceptors (Lipinski definition) is 6. The first kappa shape index (κ1) is 18.7. The second-order valence-electron chi connectivity index (χ2n) is 5.57. The van der Waals surface area contributed by atoms with Crippen molar-refractivity contribution in [3.63, 3.8) is 0 Å². The average Bonchev–Trinajstić information content (AvgIpc) is 2.97. The number of urea groups is 1. The first-order valence-electron chi connectivity index (χ1n) is 7.86. The molecule has 3 amide bonds. The van der Waals surface area contributed by atoms with E-state index in [0.29, 0.717) is 22.9 Å². The van der Waals surface area contributed by atoms with Crippen molar-refractivity contribution in [2.75, 3.05) is 18.0 Å². The number of rotatable bonds is 7. The van der Waals surface area contributed by atoms with Crippen LogP contribution in [0.15, 0.2) is 48.5 Å². The van der Waals surface area contributed by atoms with E-state index < -0.39 is 29.2 Å². The van der Waals surface area contributed by atoms with Gasteiger partial charge in [0.05, 0.1) is 19.3 Å². The van der Waals surface area contributed by atoms with E-state index in [1.54, 1.807) is 49.6 Å². The van der Waals surface area contributed by atoms with E-state index in [2.05, 4.69) is 10.6 Å². The van der Waals surface area contributed by atoms with Crippen LogP contribution in [-0.2, 0) is 16.1 Å². The first-order valence-corrected chi connectivity index (χ1v) is 8.89. The molecule has 0 bridgehead atoms. The van der Waals surface area contributed by atoms with Gasteiger partial charge in [0.1, 0.15) is 23.3 Å². The molecule has 1 heterocycles. The number of carbonyl (C=O) groups is 2. The third kappa shape index (κ3) is 4.54. The van der Waals surface area contributed by atoms with Gasteiger partial charge in [0.15, 0.2) is 0 Å². The van der Waals surface area contributed by atoms with Crippen molar-refractivity contribution in [1.82, 2.24) is 10.6 Å². The molecular formula is C17H16N3O6S-. The van der Waals surface area contributed by atoms with Crippen molar-refractivity contribution in [2.24, 2.45) is 0 Å². The Labute approximate surface area is 157 Å². The molecule has 1 saturated heterocycles. The molecule has 2 aromatic rings. The standard InChI is InChI=1S/C17H17N3O6S/c1-25-12-5-7-13(8-6-12)26-14-4-2-3-11(9-14)20(27(23)24)10-15-16(21)19-17(22)18-15/h2-9,15H,10H2,1H3,(H,23,24)(H2,18,19,21,22)/p-1/t15-/m0/s1. The maximum atomic E-state index is 11.7. The van der Waals surface area contributed by atoms with Crippen LogP contribution in [0.25, 0.3) is 0 Å². The number of benzene rings is 2. The molecule has 27 heavy (non-hydrogen) atoms. The van der Waals surface area contributed by atoms with Crippen molar-refractivity contribution in [3.8, 4) is 17.2 Å².